The molecule has 1 amide bonds. The molecule has 0 aromatic rings. The van der Waals surface area contributed by atoms with Crippen molar-refractivity contribution in [2.45, 2.75) is 32.1 Å². The summed E-state index contributed by atoms with van der Waals surface area (Å²) in [7, 11) is 0. The monoisotopic (exact) mass is 153 g/mol. The van der Waals surface area contributed by atoms with Crippen molar-refractivity contribution < 1.29 is 4.79 Å². The molecule has 2 nitrogen and oxygen atoms in total. The minimum absolute atomic E-state index is 0.767. The zero-order chi connectivity index (χ0) is 7.94. The molecule has 1 N–H and O–H groups in total. The molecule has 1 aliphatic carbocycles. The summed E-state index contributed by atoms with van der Waals surface area (Å²) >= 11 is 0. The highest BCUT2D eigenvalue weighted by atomic mass is 16.1. The summed E-state index contributed by atoms with van der Waals surface area (Å²) in [6, 6.07) is 0. The summed E-state index contributed by atoms with van der Waals surface area (Å²) in [6.07, 6.45) is 9.26. The van der Waals surface area contributed by atoms with Crippen molar-refractivity contribution in [2.24, 2.45) is 0 Å². The molecule has 0 heterocycles. The molecule has 0 unspecified atom stereocenters. The van der Waals surface area contributed by atoms with Crippen LogP contribution in [0.2, 0.25) is 0 Å². The number of carbonyl (C=O) groups excluding carboxylic acids is 1. The van der Waals surface area contributed by atoms with E-state index in [1.807, 2.05) is 0 Å². The van der Waals surface area contributed by atoms with Crippen LogP contribution in [0.3, 0.4) is 0 Å². The average molecular weight is 153 g/mol. The normalized spacial score (nSPS) is 17.3. The number of hydrogen-bond donors (Lipinski definition) is 1. The number of carbonyl (C=O) groups is 1. The summed E-state index contributed by atoms with van der Waals surface area (Å²) in [6.45, 7) is 0.801. The van der Waals surface area contributed by atoms with Crippen molar-refractivity contribution in [1.82, 2.24) is 5.32 Å². The topological polar surface area (TPSA) is 29.1 Å². The zero-order valence-corrected chi connectivity index (χ0v) is 6.81. The lowest BCUT2D eigenvalue weighted by molar-refractivity contribution is -0.109. The predicted octanol–water partition coefficient (Wildman–Crippen LogP) is 1.62. The standard InChI is InChI=1S/C9H15NO/c11-8-10-7-6-9-4-2-1-3-5-9/h4,8H,1-3,5-7H2,(H,10,11). The van der Waals surface area contributed by atoms with E-state index < -0.39 is 0 Å². The quantitative estimate of drug-likeness (QED) is 0.371. The highest BCUT2D eigenvalue weighted by Crippen LogP contribution is 2.19. The summed E-state index contributed by atoms with van der Waals surface area (Å²) in [5.74, 6) is 0. The van der Waals surface area contributed by atoms with Gasteiger partial charge in [-0.15, -0.1) is 0 Å². The maximum atomic E-state index is 9.92. The fourth-order valence-electron chi connectivity index (χ4n) is 1.42. The molecule has 0 aromatic heterocycles. The molecule has 11 heavy (non-hydrogen) atoms. The van der Waals surface area contributed by atoms with Crippen LogP contribution in [-0.4, -0.2) is 13.0 Å². The third kappa shape index (κ3) is 3.21. The van der Waals surface area contributed by atoms with E-state index >= 15 is 0 Å². The van der Waals surface area contributed by atoms with Crippen LogP contribution in [0, 0.1) is 0 Å². The molecule has 1 aliphatic rings. The second-order valence-corrected chi connectivity index (χ2v) is 2.93. The molecule has 0 radical (unpaired) electrons. The first-order valence-electron chi connectivity index (χ1n) is 4.28. The molecule has 62 valence electrons. The van der Waals surface area contributed by atoms with E-state index in [2.05, 4.69) is 11.4 Å². The number of amides is 1. The number of nitrogens with one attached hydrogen (secondary N) is 1. The minimum Gasteiger partial charge on any atom is -0.358 e. The first-order chi connectivity index (χ1) is 5.43. The highest BCUT2D eigenvalue weighted by Gasteiger charge is 2.01. The molecule has 0 aliphatic heterocycles. The third-order valence-electron chi connectivity index (χ3n) is 2.06. The maximum Gasteiger partial charge on any atom is 0.207 e. The minimum atomic E-state index is 0.767. The van der Waals surface area contributed by atoms with Crippen LogP contribution in [0.5, 0.6) is 0 Å². The van der Waals surface area contributed by atoms with Crippen LogP contribution >= 0.6 is 0 Å². The van der Waals surface area contributed by atoms with Gasteiger partial charge in [-0.1, -0.05) is 11.6 Å². The molecular weight excluding hydrogens is 138 g/mol. The first kappa shape index (κ1) is 8.31. The number of allylic oxidation sites excluding steroid dienone is 1. The van der Waals surface area contributed by atoms with Gasteiger partial charge in [-0.3, -0.25) is 4.79 Å². The van der Waals surface area contributed by atoms with Crippen molar-refractivity contribution in [3.05, 3.63) is 11.6 Å². The Morgan fingerprint density at radius 3 is 3.09 bits per heavy atom. The Kier molecular flexibility index (Phi) is 3.73. The lowest BCUT2D eigenvalue weighted by Gasteiger charge is -2.11. The van der Waals surface area contributed by atoms with Crippen LogP contribution in [0.25, 0.3) is 0 Å². The van der Waals surface area contributed by atoms with Gasteiger partial charge in [0.2, 0.25) is 6.41 Å². The van der Waals surface area contributed by atoms with E-state index in [0.717, 1.165) is 19.4 Å². The van der Waals surface area contributed by atoms with Gasteiger partial charge in [-0.2, -0.15) is 0 Å². The van der Waals surface area contributed by atoms with Gasteiger partial charge < -0.3 is 5.32 Å². The molecule has 0 spiro atoms. The number of hydrogen-bond acceptors (Lipinski definition) is 1. The highest BCUT2D eigenvalue weighted by molar-refractivity contribution is 5.45. The first-order valence-corrected chi connectivity index (χ1v) is 4.28. The SMILES string of the molecule is O=CNCCC1=CCCCC1. The van der Waals surface area contributed by atoms with Crippen molar-refractivity contribution in [2.75, 3.05) is 6.54 Å². The van der Waals surface area contributed by atoms with Gasteiger partial charge >= 0.3 is 0 Å². The van der Waals surface area contributed by atoms with E-state index in [4.69, 9.17) is 0 Å². The Bertz CT molecular complexity index is 152. The Labute approximate surface area is 67.7 Å². The molecule has 0 fully saturated rings. The molecule has 0 saturated heterocycles. The van der Waals surface area contributed by atoms with Gasteiger partial charge in [-0.25, -0.2) is 0 Å². The lowest BCUT2D eigenvalue weighted by Crippen LogP contribution is -2.13. The second-order valence-electron chi connectivity index (χ2n) is 2.93. The Hall–Kier alpha value is -0.790. The van der Waals surface area contributed by atoms with Gasteiger partial charge in [0, 0.05) is 6.54 Å². The largest absolute Gasteiger partial charge is 0.358 e. The molecule has 2 heteroatoms. The van der Waals surface area contributed by atoms with Crippen molar-refractivity contribution in [1.29, 1.82) is 0 Å². The average Bonchev–Trinajstić information content (AvgIpc) is 2.07. The van der Waals surface area contributed by atoms with Crippen molar-refractivity contribution in [3.63, 3.8) is 0 Å². The molecule has 0 atom stereocenters. The van der Waals surface area contributed by atoms with E-state index in [-0.39, 0.29) is 0 Å². The van der Waals surface area contributed by atoms with Crippen LogP contribution < -0.4 is 5.32 Å². The van der Waals surface area contributed by atoms with E-state index in [1.54, 1.807) is 0 Å². The molecule has 0 saturated carbocycles. The Morgan fingerprint density at radius 1 is 1.55 bits per heavy atom. The number of rotatable bonds is 4. The summed E-state index contributed by atoms with van der Waals surface area (Å²) in [4.78, 5) is 9.92. The van der Waals surface area contributed by atoms with Crippen LogP contribution in [0.4, 0.5) is 0 Å². The summed E-state index contributed by atoms with van der Waals surface area (Å²) < 4.78 is 0. The van der Waals surface area contributed by atoms with Crippen molar-refractivity contribution in [3.8, 4) is 0 Å². The Balaban J connectivity index is 2.14. The van der Waals surface area contributed by atoms with Crippen LogP contribution in [0.1, 0.15) is 32.1 Å². The van der Waals surface area contributed by atoms with Gasteiger partial charge in [0.1, 0.15) is 0 Å². The fourth-order valence-corrected chi connectivity index (χ4v) is 1.42. The summed E-state index contributed by atoms with van der Waals surface area (Å²) in [5.41, 5.74) is 1.52. The fraction of sp³-hybridized carbons (Fsp3) is 0.667. The van der Waals surface area contributed by atoms with Gasteiger partial charge in [0.25, 0.3) is 0 Å². The van der Waals surface area contributed by atoms with Crippen LogP contribution in [0.15, 0.2) is 11.6 Å². The lowest BCUT2D eigenvalue weighted by atomic mass is 9.97. The molecule has 0 aromatic carbocycles. The second kappa shape index (κ2) is 4.94. The Morgan fingerprint density at radius 2 is 2.45 bits per heavy atom. The summed E-state index contributed by atoms with van der Waals surface area (Å²) in [5, 5.41) is 2.67. The van der Waals surface area contributed by atoms with Gasteiger partial charge in [0.15, 0.2) is 0 Å². The van der Waals surface area contributed by atoms with Gasteiger partial charge in [-0.05, 0) is 32.1 Å². The van der Waals surface area contributed by atoms with E-state index in [1.165, 1.54) is 31.3 Å². The third-order valence-corrected chi connectivity index (χ3v) is 2.06. The van der Waals surface area contributed by atoms with E-state index in [0.29, 0.717) is 0 Å². The predicted molar refractivity (Wildman–Crippen MR) is 45.2 cm³/mol. The zero-order valence-electron chi connectivity index (χ0n) is 6.81. The van der Waals surface area contributed by atoms with Crippen molar-refractivity contribution >= 4 is 6.41 Å². The van der Waals surface area contributed by atoms with E-state index in [9.17, 15) is 4.79 Å². The molecule has 0 bridgehead atoms. The van der Waals surface area contributed by atoms with Gasteiger partial charge in [0.05, 0.1) is 0 Å². The van der Waals surface area contributed by atoms with Crippen LogP contribution in [-0.2, 0) is 4.79 Å². The smallest absolute Gasteiger partial charge is 0.207 e. The molecule has 1 rings (SSSR count). The maximum absolute atomic E-state index is 9.92. The molecular formula is C9H15NO.